The molecule has 0 atom stereocenters. The molecular formula is C20H25ClN2O6S. The average Bonchev–Trinajstić information content (AvgIpc) is 2.72. The predicted octanol–water partition coefficient (Wildman–Crippen LogP) is 3.86. The number of rotatable bonds is 11. The molecule has 10 heteroatoms. The van der Waals surface area contributed by atoms with Gasteiger partial charge in [0.1, 0.15) is 0 Å². The van der Waals surface area contributed by atoms with Crippen LogP contribution in [0.4, 0.5) is 0 Å². The maximum absolute atomic E-state index is 12.5. The van der Waals surface area contributed by atoms with Crippen molar-refractivity contribution >= 4 is 27.8 Å². The van der Waals surface area contributed by atoms with Gasteiger partial charge in [-0.3, -0.25) is 0 Å². The van der Waals surface area contributed by atoms with Crippen LogP contribution in [0.2, 0.25) is 5.02 Å². The second-order valence-corrected chi connectivity index (χ2v) is 8.05. The summed E-state index contributed by atoms with van der Waals surface area (Å²) in [6, 6.07) is 7.53. The lowest BCUT2D eigenvalue weighted by Crippen LogP contribution is -2.18. The molecule has 0 unspecified atom stereocenters. The van der Waals surface area contributed by atoms with E-state index in [-0.39, 0.29) is 4.90 Å². The number of methoxy groups -OCH3 is 2. The van der Waals surface area contributed by atoms with Crippen molar-refractivity contribution in [3.8, 4) is 23.0 Å². The predicted molar refractivity (Wildman–Crippen MR) is 116 cm³/mol. The van der Waals surface area contributed by atoms with Gasteiger partial charge < -0.3 is 18.9 Å². The molecule has 0 aliphatic rings. The molecule has 0 saturated carbocycles. The van der Waals surface area contributed by atoms with E-state index in [1.807, 2.05) is 13.8 Å². The molecule has 2 aromatic carbocycles. The zero-order valence-electron chi connectivity index (χ0n) is 17.3. The van der Waals surface area contributed by atoms with Crippen molar-refractivity contribution in [2.75, 3.05) is 27.4 Å². The minimum atomic E-state index is -3.91. The lowest BCUT2D eigenvalue weighted by molar-refractivity contribution is 0.277. The Morgan fingerprint density at radius 2 is 1.77 bits per heavy atom. The van der Waals surface area contributed by atoms with E-state index in [4.69, 9.17) is 30.5 Å². The van der Waals surface area contributed by atoms with E-state index in [1.165, 1.54) is 38.6 Å². The number of sulfonamides is 1. The first kappa shape index (κ1) is 23.6. The molecular weight excluding hydrogens is 432 g/mol. The Labute approximate surface area is 181 Å². The van der Waals surface area contributed by atoms with Gasteiger partial charge in [0, 0.05) is 6.07 Å². The second-order valence-electron chi connectivity index (χ2n) is 5.98. The van der Waals surface area contributed by atoms with Crippen molar-refractivity contribution in [1.29, 1.82) is 0 Å². The molecule has 0 saturated heterocycles. The van der Waals surface area contributed by atoms with Gasteiger partial charge in [0.05, 0.1) is 43.6 Å². The summed E-state index contributed by atoms with van der Waals surface area (Å²) in [7, 11) is -1.02. The van der Waals surface area contributed by atoms with Crippen LogP contribution in [0.1, 0.15) is 25.8 Å². The molecule has 0 amide bonds. The second kappa shape index (κ2) is 10.9. The summed E-state index contributed by atoms with van der Waals surface area (Å²) >= 11 is 6.30. The van der Waals surface area contributed by atoms with Crippen LogP contribution in [0.25, 0.3) is 0 Å². The van der Waals surface area contributed by atoms with Crippen molar-refractivity contribution in [3.05, 3.63) is 40.9 Å². The number of hydrazone groups is 1. The van der Waals surface area contributed by atoms with Crippen molar-refractivity contribution in [3.63, 3.8) is 0 Å². The van der Waals surface area contributed by atoms with Crippen LogP contribution >= 0.6 is 11.6 Å². The highest BCUT2D eigenvalue weighted by Gasteiger charge is 2.16. The molecule has 0 aliphatic heterocycles. The lowest BCUT2D eigenvalue weighted by Gasteiger charge is -2.14. The standard InChI is InChI=1S/C20H25ClN2O6S/c1-5-9-29-20-16(21)10-14(11-19(20)28-6-2)13-22-23-30(24,25)15-7-8-17(26-3)18(12-15)27-4/h7-8,10-13,23H,5-6,9H2,1-4H3/b22-13+. The topological polar surface area (TPSA) is 95.5 Å². The highest BCUT2D eigenvalue weighted by Crippen LogP contribution is 2.36. The SMILES string of the molecule is CCCOc1c(Cl)cc(/C=N/NS(=O)(=O)c2ccc(OC)c(OC)c2)cc1OCC. The van der Waals surface area contributed by atoms with E-state index < -0.39 is 10.0 Å². The Morgan fingerprint density at radius 1 is 1.03 bits per heavy atom. The van der Waals surface area contributed by atoms with E-state index in [2.05, 4.69) is 9.93 Å². The Hall–Kier alpha value is -2.65. The Balaban J connectivity index is 2.23. The molecule has 2 rings (SSSR count). The van der Waals surface area contributed by atoms with Crippen molar-refractivity contribution in [2.45, 2.75) is 25.2 Å². The Bertz CT molecular complexity index is 995. The molecule has 0 radical (unpaired) electrons. The number of halogens is 1. The molecule has 0 fully saturated rings. The van der Waals surface area contributed by atoms with Crippen LogP contribution in [-0.4, -0.2) is 42.1 Å². The molecule has 8 nitrogen and oxygen atoms in total. The fourth-order valence-corrected chi connectivity index (χ4v) is 3.56. The first-order valence-electron chi connectivity index (χ1n) is 9.22. The lowest BCUT2D eigenvalue weighted by atomic mass is 10.2. The van der Waals surface area contributed by atoms with Gasteiger partial charge in [-0.15, -0.1) is 0 Å². The van der Waals surface area contributed by atoms with Gasteiger partial charge in [-0.05, 0) is 43.2 Å². The van der Waals surface area contributed by atoms with Crippen LogP contribution in [0.5, 0.6) is 23.0 Å². The summed E-state index contributed by atoms with van der Waals surface area (Å²) in [5, 5.41) is 4.18. The third-order valence-corrected chi connectivity index (χ3v) is 5.34. The summed E-state index contributed by atoms with van der Waals surface area (Å²) in [4.78, 5) is 2.14. The monoisotopic (exact) mass is 456 g/mol. The van der Waals surface area contributed by atoms with Crippen LogP contribution in [0.3, 0.4) is 0 Å². The number of benzene rings is 2. The van der Waals surface area contributed by atoms with Crippen LogP contribution in [0.15, 0.2) is 40.3 Å². The highest BCUT2D eigenvalue weighted by molar-refractivity contribution is 7.89. The van der Waals surface area contributed by atoms with Crippen LogP contribution < -0.4 is 23.8 Å². The Kier molecular flexibility index (Phi) is 8.61. The summed E-state index contributed by atoms with van der Waals surface area (Å²) in [5.41, 5.74) is 0.544. The smallest absolute Gasteiger partial charge is 0.276 e. The van der Waals surface area contributed by atoms with Crippen molar-refractivity contribution in [2.24, 2.45) is 5.10 Å². The molecule has 1 N–H and O–H groups in total. The molecule has 0 aromatic heterocycles. The molecule has 30 heavy (non-hydrogen) atoms. The fraction of sp³-hybridized carbons (Fsp3) is 0.350. The van der Waals surface area contributed by atoms with Crippen LogP contribution in [-0.2, 0) is 10.0 Å². The molecule has 0 bridgehead atoms. The van der Waals surface area contributed by atoms with Gasteiger partial charge in [-0.2, -0.15) is 13.5 Å². The quantitative estimate of drug-likeness (QED) is 0.407. The molecule has 164 valence electrons. The summed E-state index contributed by atoms with van der Waals surface area (Å²) in [6.07, 6.45) is 2.15. The van der Waals surface area contributed by atoms with E-state index in [0.717, 1.165) is 6.42 Å². The Morgan fingerprint density at radius 3 is 2.40 bits per heavy atom. The number of ether oxygens (including phenoxy) is 4. The summed E-state index contributed by atoms with van der Waals surface area (Å²) in [6.45, 7) is 4.75. The zero-order chi connectivity index (χ0) is 22.1. The zero-order valence-corrected chi connectivity index (χ0v) is 18.8. The van der Waals surface area contributed by atoms with E-state index in [1.54, 1.807) is 12.1 Å². The largest absolute Gasteiger partial charge is 0.493 e. The number of nitrogens with zero attached hydrogens (tertiary/aromatic N) is 1. The van der Waals surface area contributed by atoms with Gasteiger partial charge in [0.25, 0.3) is 10.0 Å². The normalized spacial score (nSPS) is 11.4. The molecule has 0 spiro atoms. The number of hydrogen-bond acceptors (Lipinski definition) is 7. The fourth-order valence-electron chi connectivity index (χ4n) is 2.48. The molecule has 2 aromatic rings. The van der Waals surface area contributed by atoms with E-state index in [0.29, 0.717) is 46.8 Å². The first-order chi connectivity index (χ1) is 14.4. The number of nitrogens with one attached hydrogen (secondary N) is 1. The number of hydrogen-bond donors (Lipinski definition) is 1. The molecule has 0 heterocycles. The van der Waals surface area contributed by atoms with Gasteiger partial charge in [0.2, 0.25) is 0 Å². The summed E-state index contributed by atoms with van der Waals surface area (Å²) in [5.74, 6) is 1.62. The maximum Gasteiger partial charge on any atom is 0.276 e. The van der Waals surface area contributed by atoms with Crippen molar-refractivity contribution in [1.82, 2.24) is 4.83 Å². The highest BCUT2D eigenvalue weighted by atomic mass is 35.5. The van der Waals surface area contributed by atoms with Gasteiger partial charge in [-0.25, -0.2) is 4.83 Å². The minimum Gasteiger partial charge on any atom is -0.493 e. The minimum absolute atomic E-state index is 0.0198. The van der Waals surface area contributed by atoms with Crippen LogP contribution in [0, 0.1) is 0 Å². The van der Waals surface area contributed by atoms with E-state index in [9.17, 15) is 8.42 Å². The third kappa shape index (κ3) is 5.93. The maximum atomic E-state index is 12.5. The van der Waals surface area contributed by atoms with E-state index >= 15 is 0 Å². The van der Waals surface area contributed by atoms with Gasteiger partial charge in [-0.1, -0.05) is 18.5 Å². The summed E-state index contributed by atoms with van der Waals surface area (Å²) < 4.78 is 46.5. The first-order valence-corrected chi connectivity index (χ1v) is 11.1. The van der Waals surface area contributed by atoms with Crippen molar-refractivity contribution < 1.29 is 27.4 Å². The van der Waals surface area contributed by atoms with Gasteiger partial charge in [0.15, 0.2) is 23.0 Å². The molecule has 0 aliphatic carbocycles. The average molecular weight is 457 g/mol. The van der Waals surface area contributed by atoms with Gasteiger partial charge >= 0.3 is 0 Å². The third-order valence-electron chi connectivity index (χ3n) is 3.83.